The zero-order valence-corrected chi connectivity index (χ0v) is 16.8. The second-order valence-corrected chi connectivity index (χ2v) is 9.00. The first-order chi connectivity index (χ1) is 13.6. The minimum atomic E-state index is -0.782. The molecule has 4 aromatic rings. The van der Waals surface area contributed by atoms with Crippen molar-refractivity contribution < 1.29 is 4.79 Å². The van der Waals surface area contributed by atoms with Gasteiger partial charge in [-0.05, 0) is 50.3 Å². The average Bonchev–Trinajstić information content (AvgIpc) is 3.28. The van der Waals surface area contributed by atoms with Gasteiger partial charge in [0.15, 0.2) is 9.96 Å². The third-order valence-corrected chi connectivity index (χ3v) is 7.20. The lowest BCUT2D eigenvalue weighted by atomic mass is 9.97. The molecule has 142 valence electrons. The molecule has 1 unspecified atom stereocenters. The molecule has 0 saturated heterocycles. The van der Waals surface area contributed by atoms with E-state index in [0.717, 1.165) is 41.5 Å². The molecule has 1 aromatic carbocycles. The summed E-state index contributed by atoms with van der Waals surface area (Å²) >= 11 is 2.95. The Kier molecular flexibility index (Phi) is 4.21. The molecule has 0 aliphatic heterocycles. The minimum Gasteiger partial charge on any atom is -0.300 e. The molecule has 1 aliphatic rings. The number of benzene rings is 1. The van der Waals surface area contributed by atoms with E-state index < -0.39 is 6.04 Å². The third kappa shape index (κ3) is 2.82. The fraction of sp³-hybridized carbons (Fsp3) is 0.316. The molecule has 0 radical (unpaired) electrons. The Hall–Kier alpha value is -2.65. The number of amides is 1. The molecule has 3 aromatic heterocycles. The number of thiophene rings is 1. The number of aromatic nitrogens is 4. The van der Waals surface area contributed by atoms with E-state index >= 15 is 0 Å². The summed E-state index contributed by atoms with van der Waals surface area (Å²) in [6, 6.07) is 6.91. The lowest BCUT2D eigenvalue weighted by Crippen LogP contribution is -2.34. The van der Waals surface area contributed by atoms with E-state index in [9.17, 15) is 9.59 Å². The van der Waals surface area contributed by atoms with Crippen LogP contribution in [0.25, 0.3) is 20.4 Å². The molecule has 1 N–H and O–H groups in total. The molecule has 0 spiro atoms. The molecular weight excluding hydrogens is 394 g/mol. The van der Waals surface area contributed by atoms with E-state index in [4.69, 9.17) is 0 Å². The average molecular weight is 412 g/mol. The van der Waals surface area contributed by atoms with Crippen LogP contribution in [0.2, 0.25) is 0 Å². The Morgan fingerprint density at radius 2 is 2.04 bits per heavy atom. The van der Waals surface area contributed by atoms with Crippen LogP contribution in [-0.4, -0.2) is 25.9 Å². The van der Waals surface area contributed by atoms with Gasteiger partial charge < -0.3 is 5.32 Å². The van der Waals surface area contributed by atoms with Gasteiger partial charge in [0.05, 0.1) is 15.6 Å². The molecule has 28 heavy (non-hydrogen) atoms. The normalized spacial score (nSPS) is 14.9. The SMILES string of the molecule is CC(C(=O)Nc1nc2ccccc2s1)n1nnc2sc3c(c2c1=O)CCCC3. The monoisotopic (exact) mass is 411 g/mol. The summed E-state index contributed by atoms with van der Waals surface area (Å²) in [6.07, 6.45) is 4.10. The zero-order valence-electron chi connectivity index (χ0n) is 15.1. The van der Waals surface area contributed by atoms with E-state index in [0.29, 0.717) is 15.3 Å². The maximum Gasteiger partial charge on any atom is 0.279 e. The summed E-state index contributed by atoms with van der Waals surface area (Å²) in [5.41, 5.74) is 1.69. The number of para-hydroxylation sites is 1. The van der Waals surface area contributed by atoms with Crippen LogP contribution in [0.1, 0.15) is 36.2 Å². The fourth-order valence-corrected chi connectivity index (χ4v) is 5.65. The minimum absolute atomic E-state index is 0.239. The Labute approximate surface area is 168 Å². The summed E-state index contributed by atoms with van der Waals surface area (Å²) in [6.45, 7) is 1.66. The summed E-state index contributed by atoms with van der Waals surface area (Å²) in [4.78, 5) is 32.1. The van der Waals surface area contributed by atoms with Gasteiger partial charge in [-0.3, -0.25) is 9.59 Å². The number of carbonyl (C=O) groups excluding carboxylic acids is 1. The highest BCUT2D eigenvalue weighted by Gasteiger charge is 2.25. The molecule has 5 rings (SSSR count). The van der Waals surface area contributed by atoms with Crippen molar-refractivity contribution in [3.63, 3.8) is 0 Å². The van der Waals surface area contributed by atoms with Gasteiger partial charge in [-0.1, -0.05) is 28.7 Å². The number of hydrogen-bond donors (Lipinski definition) is 1. The quantitative estimate of drug-likeness (QED) is 0.557. The molecule has 1 amide bonds. The number of nitrogens with zero attached hydrogens (tertiary/aromatic N) is 4. The van der Waals surface area contributed by atoms with Crippen LogP contribution in [0.5, 0.6) is 0 Å². The smallest absolute Gasteiger partial charge is 0.279 e. The molecule has 1 aliphatic carbocycles. The van der Waals surface area contributed by atoms with E-state index in [1.807, 2.05) is 24.3 Å². The largest absolute Gasteiger partial charge is 0.300 e. The van der Waals surface area contributed by atoms with Crippen LogP contribution < -0.4 is 10.9 Å². The molecule has 3 heterocycles. The van der Waals surface area contributed by atoms with Crippen molar-refractivity contribution in [2.24, 2.45) is 0 Å². The van der Waals surface area contributed by atoms with Crippen LogP contribution in [0, 0.1) is 0 Å². The zero-order chi connectivity index (χ0) is 19.3. The number of thiazole rings is 1. The van der Waals surface area contributed by atoms with Crippen LogP contribution in [0.3, 0.4) is 0 Å². The van der Waals surface area contributed by atoms with Crippen LogP contribution in [0.4, 0.5) is 5.13 Å². The fourth-order valence-electron chi connectivity index (χ4n) is 3.59. The van der Waals surface area contributed by atoms with Crippen molar-refractivity contribution in [1.82, 2.24) is 20.0 Å². The molecule has 0 saturated carbocycles. The number of carbonyl (C=O) groups is 1. The topological polar surface area (TPSA) is 89.8 Å². The first-order valence-corrected chi connectivity index (χ1v) is 10.8. The number of hydrogen-bond acceptors (Lipinski definition) is 7. The number of fused-ring (bicyclic) bond motifs is 4. The molecule has 9 heteroatoms. The van der Waals surface area contributed by atoms with Gasteiger partial charge in [0.1, 0.15) is 6.04 Å². The predicted octanol–water partition coefficient (Wildman–Crippen LogP) is 3.54. The molecular formula is C19H17N5O2S2. The van der Waals surface area contributed by atoms with Crippen molar-refractivity contribution in [3.8, 4) is 0 Å². The van der Waals surface area contributed by atoms with Gasteiger partial charge in [0.2, 0.25) is 0 Å². The number of nitrogens with one attached hydrogen (secondary N) is 1. The number of rotatable bonds is 3. The highest BCUT2D eigenvalue weighted by Crippen LogP contribution is 2.33. The van der Waals surface area contributed by atoms with Gasteiger partial charge in [-0.25, -0.2) is 4.98 Å². The highest BCUT2D eigenvalue weighted by molar-refractivity contribution is 7.22. The van der Waals surface area contributed by atoms with Crippen molar-refractivity contribution >= 4 is 54.1 Å². The van der Waals surface area contributed by atoms with Gasteiger partial charge in [-0.2, -0.15) is 4.68 Å². The first-order valence-electron chi connectivity index (χ1n) is 9.18. The van der Waals surface area contributed by atoms with E-state index in [2.05, 4.69) is 20.6 Å². The summed E-state index contributed by atoms with van der Waals surface area (Å²) in [5, 5.41) is 12.2. The second kappa shape index (κ2) is 6.75. The Bertz CT molecular complexity index is 1240. The van der Waals surface area contributed by atoms with Crippen LogP contribution >= 0.6 is 22.7 Å². The Balaban J connectivity index is 1.47. The van der Waals surface area contributed by atoms with Crippen molar-refractivity contribution in [1.29, 1.82) is 0 Å². The molecule has 0 fully saturated rings. The number of aryl methyl sites for hydroxylation is 2. The second-order valence-electron chi connectivity index (χ2n) is 6.88. The molecule has 1 atom stereocenters. The summed E-state index contributed by atoms with van der Waals surface area (Å²) in [5.74, 6) is -0.334. The Morgan fingerprint density at radius 3 is 2.89 bits per heavy atom. The summed E-state index contributed by atoms with van der Waals surface area (Å²) in [7, 11) is 0. The van der Waals surface area contributed by atoms with Gasteiger partial charge in [-0.15, -0.1) is 16.4 Å². The van der Waals surface area contributed by atoms with Crippen molar-refractivity contribution in [3.05, 3.63) is 45.1 Å². The summed E-state index contributed by atoms with van der Waals surface area (Å²) < 4.78 is 2.18. The maximum absolute atomic E-state index is 13.1. The van der Waals surface area contributed by atoms with Crippen molar-refractivity contribution in [2.75, 3.05) is 5.32 Å². The lowest BCUT2D eigenvalue weighted by Gasteiger charge is -2.13. The van der Waals surface area contributed by atoms with Crippen LogP contribution in [0.15, 0.2) is 29.1 Å². The van der Waals surface area contributed by atoms with Gasteiger partial charge in [0.25, 0.3) is 11.5 Å². The maximum atomic E-state index is 13.1. The predicted molar refractivity (Wildman–Crippen MR) is 111 cm³/mol. The first kappa shape index (κ1) is 17.4. The van der Waals surface area contributed by atoms with E-state index in [1.54, 1.807) is 18.3 Å². The molecule has 7 nitrogen and oxygen atoms in total. The molecule has 0 bridgehead atoms. The highest BCUT2D eigenvalue weighted by atomic mass is 32.1. The van der Waals surface area contributed by atoms with E-state index in [-0.39, 0.29) is 11.5 Å². The lowest BCUT2D eigenvalue weighted by molar-refractivity contribution is -0.119. The number of anilines is 1. The van der Waals surface area contributed by atoms with Gasteiger partial charge in [0, 0.05) is 4.88 Å². The standard InChI is InChI=1S/C19H17N5O2S2/c1-10(16(25)21-19-20-12-7-3-5-9-14(12)28-19)24-18(26)15-11-6-2-4-8-13(11)27-17(15)22-23-24/h3,5,7,9-10H,2,4,6,8H2,1H3,(H,20,21,25). The van der Waals surface area contributed by atoms with Gasteiger partial charge >= 0.3 is 0 Å². The third-order valence-electron chi connectivity index (χ3n) is 5.08. The Morgan fingerprint density at radius 1 is 1.21 bits per heavy atom. The van der Waals surface area contributed by atoms with Crippen molar-refractivity contribution in [2.45, 2.75) is 38.6 Å². The van der Waals surface area contributed by atoms with E-state index in [1.165, 1.54) is 20.9 Å². The van der Waals surface area contributed by atoms with Crippen LogP contribution in [-0.2, 0) is 17.6 Å².